The van der Waals surface area contributed by atoms with Gasteiger partial charge in [0.25, 0.3) is 11.2 Å². The Morgan fingerprint density at radius 1 is 1.09 bits per heavy atom. The van der Waals surface area contributed by atoms with Crippen LogP contribution in [0, 0.1) is 17.0 Å². The molecule has 4 aromatic rings. The third-order valence-electron chi connectivity index (χ3n) is 6.89. The first-order valence-electron chi connectivity index (χ1n) is 11.7. The standard InChI is InChI=1S/C26H27N5O3S/c1-18-22(26(32)30(28(18)2)20-8-4-3-5-9-20)16-29-14-12-19(13-15-29)25-27-23(17-35-25)21-10-6-7-11-24(21)31(33)34/h3-11,17,19H,12-16H2,1-2H3. The molecule has 0 spiro atoms. The van der Waals surface area contributed by atoms with Gasteiger partial charge in [0.1, 0.15) is 0 Å². The molecular formula is C26H27N5O3S. The summed E-state index contributed by atoms with van der Waals surface area (Å²) in [7, 11) is 1.93. The Labute approximate surface area is 207 Å². The second-order valence-corrected chi connectivity index (χ2v) is 9.83. The van der Waals surface area contributed by atoms with Crippen LogP contribution in [0.1, 0.15) is 35.0 Å². The molecular weight excluding hydrogens is 462 g/mol. The lowest BCUT2D eigenvalue weighted by Gasteiger charge is -2.30. The third-order valence-corrected chi connectivity index (χ3v) is 7.90. The molecule has 0 atom stereocenters. The Morgan fingerprint density at radius 3 is 2.49 bits per heavy atom. The Balaban J connectivity index is 1.28. The maximum atomic E-state index is 13.2. The number of nitrogens with zero attached hydrogens (tertiary/aromatic N) is 5. The predicted octanol–water partition coefficient (Wildman–Crippen LogP) is 4.90. The van der Waals surface area contributed by atoms with Gasteiger partial charge < -0.3 is 0 Å². The van der Waals surface area contributed by atoms with E-state index >= 15 is 0 Å². The number of hydrogen-bond acceptors (Lipinski definition) is 6. The van der Waals surface area contributed by atoms with E-state index in [0.717, 1.165) is 47.9 Å². The van der Waals surface area contributed by atoms with E-state index in [0.29, 0.717) is 23.7 Å². The molecule has 8 nitrogen and oxygen atoms in total. The largest absolute Gasteiger partial charge is 0.299 e. The second-order valence-electron chi connectivity index (χ2n) is 8.94. The van der Waals surface area contributed by atoms with Crippen LogP contribution in [-0.4, -0.2) is 37.3 Å². The lowest BCUT2D eigenvalue weighted by molar-refractivity contribution is -0.384. The van der Waals surface area contributed by atoms with Crippen LogP contribution in [0.15, 0.2) is 64.8 Å². The van der Waals surface area contributed by atoms with E-state index in [1.54, 1.807) is 34.2 Å². The number of likely N-dealkylation sites (tertiary alicyclic amines) is 1. The first kappa shape index (κ1) is 23.2. The van der Waals surface area contributed by atoms with Gasteiger partial charge in [-0.15, -0.1) is 11.3 Å². The van der Waals surface area contributed by atoms with Crippen LogP contribution in [0.2, 0.25) is 0 Å². The number of thiazole rings is 1. The maximum absolute atomic E-state index is 13.2. The smallest absolute Gasteiger partial charge is 0.278 e. The van der Waals surface area contributed by atoms with Crippen LogP contribution in [0.5, 0.6) is 0 Å². The van der Waals surface area contributed by atoms with E-state index < -0.39 is 0 Å². The summed E-state index contributed by atoms with van der Waals surface area (Å²) in [4.78, 5) is 31.4. The molecule has 0 aliphatic carbocycles. The number of aromatic nitrogens is 3. The van der Waals surface area contributed by atoms with Crippen LogP contribution in [0.3, 0.4) is 0 Å². The van der Waals surface area contributed by atoms with Crippen molar-refractivity contribution in [3.05, 3.63) is 96.7 Å². The summed E-state index contributed by atoms with van der Waals surface area (Å²) in [5, 5.41) is 14.3. The summed E-state index contributed by atoms with van der Waals surface area (Å²) in [6.07, 6.45) is 1.89. The van der Waals surface area contributed by atoms with Crippen LogP contribution < -0.4 is 5.56 Å². The van der Waals surface area contributed by atoms with Gasteiger partial charge in [-0.3, -0.25) is 24.5 Å². The predicted molar refractivity (Wildman–Crippen MR) is 137 cm³/mol. The minimum absolute atomic E-state index is 0.0346. The quantitative estimate of drug-likeness (QED) is 0.284. The van der Waals surface area contributed by atoms with Crippen molar-refractivity contribution in [3.63, 3.8) is 0 Å². The fourth-order valence-electron chi connectivity index (χ4n) is 4.82. The normalized spacial score (nSPS) is 14.9. The number of piperidine rings is 1. The molecule has 3 heterocycles. The zero-order valence-electron chi connectivity index (χ0n) is 19.8. The number of rotatable bonds is 6. The van der Waals surface area contributed by atoms with Crippen LogP contribution >= 0.6 is 11.3 Å². The fraction of sp³-hybridized carbons (Fsp3) is 0.308. The topological polar surface area (TPSA) is 86.2 Å². The molecule has 0 N–H and O–H groups in total. The van der Waals surface area contributed by atoms with Crippen LogP contribution in [0.4, 0.5) is 5.69 Å². The molecule has 180 valence electrons. The molecule has 1 aliphatic heterocycles. The van der Waals surface area contributed by atoms with Gasteiger partial charge in [0.2, 0.25) is 0 Å². The van der Waals surface area contributed by atoms with Gasteiger partial charge in [-0.1, -0.05) is 30.3 Å². The third kappa shape index (κ3) is 4.44. The van der Waals surface area contributed by atoms with Crippen molar-refractivity contribution in [3.8, 4) is 16.9 Å². The molecule has 0 bridgehead atoms. The highest BCUT2D eigenvalue weighted by Gasteiger charge is 2.26. The highest BCUT2D eigenvalue weighted by atomic mass is 32.1. The van der Waals surface area contributed by atoms with E-state index in [-0.39, 0.29) is 16.2 Å². The number of nitro benzene ring substituents is 1. The summed E-state index contributed by atoms with van der Waals surface area (Å²) in [6.45, 7) is 4.39. The Kier molecular flexibility index (Phi) is 6.36. The Morgan fingerprint density at radius 2 is 1.77 bits per heavy atom. The summed E-state index contributed by atoms with van der Waals surface area (Å²) in [6, 6.07) is 16.5. The average Bonchev–Trinajstić information content (AvgIpc) is 3.45. The van der Waals surface area contributed by atoms with Gasteiger partial charge in [-0.2, -0.15) is 0 Å². The number of nitro groups is 1. The van der Waals surface area contributed by atoms with Crippen molar-refractivity contribution in [1.82, 2.24) is 19.2 Å². The molecule has 9 heteroatoms. The van der Waals surface area contributed by atoms with Gasteiger partial charge in [-0.05, 0) is 51.1 Å². The second kappa shape index (κ2) is 9.59. The summed E-state index contributed by atoms with van der Waals surface area (Å²) >= 11 is 1.58. The Hall–Kier alpha value is -3.56. The molecule has 2 aromatic carbocycles. The molecule has 1 fully saturated rings. The van der Waals surface area contributed by atoms with Crippen LogP contribution in [-0.2, 0) is 13.6 Å². The molecule has 0 radical (unpaired) electrons. The fourth-order valence-corrected chi connectivity index (χ4v) is 5.81. The van der Waals surface area contributed by atoms with E-state index in [2.05, 4.69) is 4.90 Å². The molecule has 2 aromatic heterocycles. The SMILES string of the molecule is Cc1c(CN2CCC(c3nc(-c4ccccc4[N+](=O)[O-])cs3)CC2)c(=O)n(-c2ccccc2)n1C. The zero-order chi connectivity index (χ0) is 24.5. The monoisotopic (exact) mass is 489 g/mol. The summed E-state index contributed by atoms with van der Waals surface area (Å²) < 4.78 is 3.66. The van der Waals surface area contributed by atoms with Gasteiger partial charge in [0, 0.05) is 36.7 Å². The van der Waals surface area contributed by atoms with E-state index in [9.17, 15) is 14.9 Å². The Bertz CT molecular complexity index is 1410. The first-order valence-corrected chi connectivity index (χ1v) is 12.6. The zero-order valence-corrected chi connectivity index (χ0v) is 20.6. The van der Waals surface area contributed by atoms with E-state index in [4.69, 9.17) is 4.98 Å². The minimum Gasteiger partial charge on any atom is -0.299 e. The van der Waals surface area contributed by atoms with Crippen molar-refractivity contribution >= 4 is 17.0 Å². The van der Waals surface area contributed by atoms with Crippen LogP contribution in [0.25, 0.3) is 16.9 Å². The molecule has 0 saturated carbocycles. The van der Waals surface area contributed by atoms with Crippen molar-refractivity contribution in [2.75, 3.05) is 13.1 Å². The highest BCUT2D eigenvalue weighted by molar-refractivity contribution is 7.10. The van der Waals surface area contributed by atoms with Gasteiger partial charge in [-0.25, -0.2) is 9.67 Å². The summed E-state index contributed by atoms with van der Waals surface area (Å²) in [5.41, 5.74) is 4.03. The van der Waals surface area contributed by atoms with Gasteiger partial charge >= 0.3 is 0 Å². The molecule has 0 unspecified atom stereocenters. The van der Waals surface area contributed by atoms with Crippen molar-refractivity contribution in [2.45, 2.75) is 32.2 Å². The average molecular weight is 490 g/mol. The number of para-hydroxylation sites is 2. The van der Waals surface area contributed by atoms with Gasteiger partial charge in [0.05, 0.1) is 32.4 Å². The van der Waals surface area contributed by atoms with Crippen molar-refractivity contribution < 1.29 is 4.92 Å². The summed E-state index contributed by atoms with van der Waals surface area (Å²) in [5.74, 6) is 0.325. The lowest BCUT2D eigenvalue weighted by atomic mass is 9.97. The maximum Gasteiger partial charge on any atom is 0.278 e. The van der Waals surface area contributed by atoms with E-state index in [1.807, 2.05) is 54.4 Å². The van der Waals surface area contributed by atoms with Crippen molar-refractivity contribution in [2.24, 2.45) is 7.05 Å². The van der Waals surface area contributed by atoms with Crippen molar-refractivity contribution in [1.29, 1.82) is 0 Å². The molecule has 35 heavy (non-hydrogen) atoms. The minimum atomic E-state index is -0.357. The number of hydrogen-bond donors (Lipinski definition) is 0. The highest BCUT2D eigenvalue weighted by Crippen LogP contribution is 2.35. The lowest BCUT2D eigenvalue weighted by Crippen LogP contribution is -2.34. The number of benzene rings is 2. The van der Waals surface area contributed by atoms with Gasteiger partial charge in [0.15, 0.2) is 0 Å². The molecule has 1 saturated heterocycles. The molecule has 5 rings (SSSR count). The first-order chi connectivity index (χ1) is 16.9. The van der Waals surface area contributed by atoms with E-state index in [1.165, 1.54) is 6.07 Å². The molecule has 1 aliphatic rings. The molecule has 0 amide bonds.